The predicted octanol–water partition coefficient (Wildman–Crippen LogP) is 1.65. The highest BCUT2D eigenvalue weighted by Crippen LogP contribution is 2.21. The lowest BCUT2D eigenvalue weighted by atomic mass is 10.3. The minimum atomic E-state index is -4.55. The lowest BCUT2D eigenvalue weighted by molar-refractivity contribution is -0.154. The fourth-order valence-corrected chi connectivity index (χ4v) is 0.835. The lowest BCUT2D eigenvalue weighted by Gasteiger charge is -2.09. The molecule has 0 bridgehead atoms. The zero-order valence-corrected chi connectivity index (χ0v) is 7.38. The Morgan fingerprint density at radius 2 is 2.07 bits per heavy atom. The molecule has 0 aromatic carbocycles. The van der Waals surface area contributed by atoms with Gasteiger partial charge in [0.25, 0.3) is 5.88 Å². The molecule has 1 aromatic rings. The molecule has 15 heavy (non-hydrogen) atoms. The second kappa shape index (κ2) is 4.43. The minimum absolute atomic E-state index is 0.165. The van der Waals surface area contributed by atoms with Crippen molar-refractivity contribution < 1.29 is 27.4 Å². The summed E-state index contributed by atoms with van der Waals surface area (Å²) in [4.78, 5) is 3.28. The van der Waals surface area contributed by atoms with Gasteiger partial charge in [-0.3, -0.25) is 0 Å². The van der Waals surface area contributed by atoms with Gasteiger partial charge in [0.05, 0.1) is 6.61 Å². The molecule has 84 valence electrons. The summed E-state index contributed by atoms with van der Waals surface area (Å²) in [5.41, 5.74) is -0.165. The van der Waals surface area contributed by atoms with Crippen LogP contribution in [0.25, 0.3) is 0 Å². The molecule has 1 N–H and O–H groups in total. The summed E-state index contributed by atoms with van der Waals surface area (Å²) in [6.45, 7) is -2.25. The first-order valence-electron chi connectivity index (χ1n) is 3.88. The first-order chi connectivity index (χ1) is 6.94. The molecule has 0 spiro atoms. The van der Waals surface area contributed by atoms with Crippen LogP contribution in [-0.4, -0.2) is 22.9 Å². The molecule has 3 nitrogen and oxygen atoms in total. The zero-order chi connectivity index (χ0) is 11.5. The van der Waals surface area contributed by atoms with Crippen molar-refractivity contribution >= 4 is 0 Å². The van der Waals surface area contributed by atoms with E-state index in [0.29, 0.717) is 0 Å². The Hall–Kier alpha value is -1.37. The van der Waals surface area contributed by atoms with Gasteiger partial charge in [0, 0.05) is 11.8 Å². The third-order valence-electron chi connectivity index (χ3n) is 1.48. The van der Waals surface area contributed by atoms with Crippen LogP contribution < -0.4 is 4.74 Å². The average molecular weight is 225 g/mol. The van der Waals surface area contributed by atoms with Crippen LogP contribution in [-0.2, 0) is 6.61 Å². The van der Waals surface area contributed by atoms with Gasteiger partial charge in [-0.15, -0.1) is 0 Å². The van der Waals surface area contributed by atoms with E-state index in [1.165, 1.54) is 0 Å². The highest BCUT2D eigenvalue weighted by atomic mass is 19.4. The van der Waals surface area contributed by atoms with Gasteiger partial charge >= 0.3 is 6.18 Å². The number of hydrogen-bond acceptors (Lipinski definition) is 3. The standard InChI is InChI=1S/C8H7F4NO2/c9-6-5(3-14)1-2-13-7(6)15-4-8(10,11)12/h1-2,14H,3-4H2. The summed E-state index contributed by atoms with van der Waals surface area (Å²) >= 11 is 0. The van der Waals surface area contributed by atoms with E-state index in [1.54, 1.807) is 0 Å². The number of aliphatic hydroxyl groups is 1. The number of halogens is 4. The Kier molecular flexibility index (Phi) is 3.46. The van der Waals surface area contributed by atoms with E-state index in [-0.39, 0.29) is 5.56 Å². The van der Waals surface area contributed by atoms with Gasteiger partial charge in [-0.2, -0.15) is 13.2 Å². The Morgan fingerprint density at radius 3 is 2.60 bits per heavy atom. The largest absolute Gasteiger partial charge is 0.466 e. The number of aliphatic hydroxyl groups excluding tert-OH is 1. The minimum Gasteiger partial charge on any atom is -0.466 e. The Morgan fingerprint density at radius 1 is 1.40 bits per heavy atom. The first kappa shape index (κ1) is 11.7. The summed E-state index contributed by atoms with van der Waals surface area (Å²) in [5.74, 6) is -1.84. The van der Waals surface area contributed by atoms with Crippen molar-refractivity contribution in [1.82, 2.24) is 4.98 Å². The van der Waals surface area contributed by atoms with Gasteiger partial charge < -0.3 is 9.84 Å². The van der Waals surface area contributed by atoms with Gasteiger partial charge in [-0.05, 0) is 6.07 Å². The fourth-order valence-electron chi connectivity index (χ4n) is 0.835. The van der Waals surface area contributed by atoms with E-state index < -0.39 is 31.1 Å². The fraction of sp³-hybridized carbons (Fsp3) is 0.375. The molecule has 1 heterocycles. The number of hydrogen-bond donors (Lipinski definition) is 1. The molecular weight excluding hydrogens is 218 g/mol. The monoisotopic (exact) mass is 225 g/mol. The van der Waals surface area contributed by atoms with Gasteiger partial charge in [0.1, 0.15) is 0 Å². The van der Waals surface area contributed by atoms with Crippen molar-refractivity contribution in [3.63, 3.8) is 0 Å². The number of pyridine rings is 1. The predicted molar refractivity (Wildman–Crippen MR) is 41.7 cm³/mol. The quantitative estimate of drug-likeness (QED) is 0.795. The number of alkyl halides is 3. The lowest BCUT2D eigenvalue weighted by Crippen LogP contribution is -2.20. The molecule has 0 fully saturated rings. The highest BCUT2D eigenvalue weighted by molar-refractivity contribution is 5.22. The molecule has 0 saturated carbocycles. The maximum Gasteiger partial charge on any atom is 0.422 e. The van der Waals surface area contributed by atoms with Gasteiger partial charge in [0.15, 0.2) is 12.4 Å². The summed E-state index contributed by atoms with van der Waals surface area (Å²) in [5, 5.41) is 8.63. The van der Waals surface area contributed by atoms with Crippen molar-refractivity contribution in [2.24, 2.45) is 0 Å². The normalized spacial score (nSPS) is 11.5. The third kappa shape index (κ3) is 3.35. The SMILES string of the molecule is OCc1ccnc(OCC(F)(F)F)c1F. The van der Waals surface area contributed by atoms with E-state index >= 15 is 0 Å². The van der Waals surface area contributed by atoms with E-state index in [1.807, 2.05) is 0 Å². The van der Waals surface area contributed by atoms with Crippen LogP contribution in [0.15, 0.2) is 12.3 Å². The molecule has 0 aliphatic heterocycles. The molecule has 0 unspecified atom stereocenters. The summed E-state index contributed by atoms with van der Waals surface area (Å²) in [7, 11) is 0. The molecule has 0 amide bonds. The van der Waals surface area contributed by atoms with Gasteiger partial charge in [-0.25, -0.2) is 9.37 Å². The number of ether oxygens (including phenoxy) is 1. The van der Waals surface area contributed by atoms with E-state index in [2.05, 4.69) is 9.72 Å². The molecule has 0 radical (unpaired) electrons. The van der Waals surface area contributed by atoms with E-state index in [0.717, 1.165) is 12.3 Å². The maximum absolute atomic E-state index is 13.1. The van der Waals surface area contributed by atoms with E-state index in [9.17, 15) is 17.6 Å². The van der Waals surface area contributed by atoms with Crippen LogP contribution in [0, 0.1) is 5.82 Å². The molecule has 0 aliphatic rings. The smallest absolute Gasteiger partial charge is 0.422 e. The maximum atomic E-state index is 13.1. The third-order valence-corrected chi connectivity index (χ3v) is 1.48. The summed E-state index contributed by atoms with van der Waals surface area (Å²) < 4.78 is 52.4. The molecule has 1 rings (SSSR count). The highest BCUT2D eigenvalue weighted by Gasteiger charge is 2.29. The molecule has 0 saturated heterocycles. The summed E-state index contributed by atoms with van der Waals surface area (Å²) in [6, 6.07) is 1.15. The van der Waals surface area contributed by atoms with Crippen molar-refractivity contribution in [3.05, 3.63) is 23.6 Å². The van der Waals surface area contributed by atoms with Crippen LogP contribution in [0.2, 0.25) is 0 Å². The van der Waals surface area contributed by atoms with Crippen LogP contribution in [0.5, 0.6) is 5.88 Å². The van der Waals surface area contributed by atoms with Crippen molar-refractivity contribution in [2.45, 2.75) is 12.8 Å². The zero-order valence-electron chi connectivity index (χ0n) is 7.38. The molecule has 0 aliphatic carbocycles. The summed E-state index contributed by atoms with van der Waals surface area (Å²) in [6.07, 6.45) is -3.50. The van der Waals surface area contributed by atoms with Crippen molar-refractivity contribution in [2.75, 3.05) is 6.61 Å². The van der Waals surface area contributed by atoms with Crippen molar-refractivity contribution in [1.29, 1.82) is 0 Å². The van der Waals surface area contributed by atoms with Crippen LogP contribution in [0.1, 0.15) is 5.56 Å². The van der Waals surface area contributed by atoms with Crippen molar-refractivity contribution in [3.8, 4) is 5.88 Å². The second-order valence-electron chi connectivity index (χ2n) is 2.65. The number of rotatable bonds is 3. The number of nitrogens with zero attached hydrogens (tertiary/aromatic N) is 1. The first-order valence-corrected chi connectivity index (χ1v) is 3.88. The Bertz CT molecular complexity index is 340. The topological polar surface area (TPSA) is 42.4 Å². The number of aromatic nitrogens is 1. The second-order valence-corrected chi connectivity index (χ2v) is 2.65. The molecule has 0 atom stereocenters. The van der Waals surface area contributed by atoms with Crippen LogP contribution >= 0.6 is 0 Å². The van der Waals surface area contributed by atoms with Gasteiger partial charge in [0.2, 0.25) is 0 Å². The van der Waals surface area contributed by atoms with Crippen LogP contribution in [0.4, 0.5) is 17.6 Å². The van der Waals surface area contributed by atoms with Gasteiger partial charge in [-0.1, -0.05) is 0 Å². The molecule has 7 heteroatoms. The Balaban J connectivity index is 2.78. The average Bonchev–Trinajstić information content (AvgIpc) is 2.15. The Labute approximate surface area is 82.3 Å². The van der Waals surface area contributed by atoms with Crippen LogP contribution in [0.3, 0.4) is 0 Å². The molecular formula is C8H7F4NO2. The molecule has 1 aromatic heterocycles. The van der Waals surface area contributed by atoms with E-state index in [4.69, 9.17) is 5.11 Å².